The molecule has 5 rings (SSSR count). The van der Waals surface area contributed by atoms with Crippen LogP contribution >= 0.6 is 0 Å². The second-order valence-corrected chi connectivity index (χ2v) is 8.00. The highest BCUT2D eigenvalue weighted by Gasteiger charge is 2.41. The number of aromatic carboxylic acids is 1. The summed E-state index contributed by atoms with van der Waals surface area (Å²) in [5.74, 6) is -1.61. The maximum atomic E-state index is 15.0. The zero-order valence-corrected chi connectivity index (χ0v) is 14.8. The first-order valence-corrected chi connectivity index (χ1v) is 9.46. The van der Waals surface area contributed by atoms with Crippen molar-refractivity contribution in [2.45, 2.75) is 62.7 Å². The summed E-state index contributed by atoms with van der Waals surface area (Å²) in [4.78, 5) is 30.6. The monoisotopic (exact) mass is 372 g/mol. The van der Waals surface area contributed by atoms with Crippen LogP contribution in [0.5, 0.6) is 0 Å². The van der Waals surface area contributed by atoms with E-state index in [1.807, 2.05) is 4.90 Å². The Kier molecular flexibility index (Phi) is 3.56. The molecule has 0 unspecified atom stereocenters. The van der Waals surface area contributed by atoms with Crippen molar-refractivity contribution in [3.8, 4) is 0 Å². The molecule has 7 nitrogen and oxygen atoms in total. The Morgan fingerprint density at radius 2 is 1.81 bits per heavy atom. The number of halogens is 1. The number of nitrogens with zero attached hydrogens (tertiary/aromatic N) is 3. The number of aromatic nitrogens is 2. The minimum Gasteiger partial charge on any atom is -0.477 e. The van der Waals surface area contributed by atoms with Crippen molar-refractivity contribution in [3.05, 3.63) is 33.9 Å². The van der Waals surface area contributed by atoms with E-state index in [-0.39, 0.29) is 40.9 Å². The smallest absolute Gasteiger partial charge is 0.341 e. The van der Waals surface area contributed by atoms with Crippen LogP contribution in [0.2, 0.25) is 0 Å². The third-order valence-corrected chi connectivity index (χ3v) is 6.12. The largest absolute Gasteiger partial charge is 0.477 e. The van der Waals surface area contributed by atoms with Gasteiger partial charge in [0.1, 0.15) is 11.2 Å². The van der Waals surface area contributed by atoms with Gasteiger partial charge >= 0.3 is 5.97 Å². The molecule has 0 radical (unpaired) electrons. The molecule has 0 amide bonds. The molecule has 1 saturated carbocycles. The molecule has 3 atom stereocenters. The molecule has 2 aliphatic heterocycles. The van der Waals surface area contributed by atoms with Crippen molar-refractivity contribution in [1.82, 2.24) is 9.55 Å². The fourth-order valence-electron chi connectivity index (χ4n) is 4.77. The van der Waals surface area contributed by atoms with Crippen LogP contribution in [-0.4, -0.2) is 38.8 Å². The Balaban J connectivity index is 1.71. The van der Waals surface area contributed by atoms with Crippen molar-refractivity contribution in [3.63, 3.8) is 0 Å². The number of piperidine rings is 1. The van der Waals surface area contributed by atoms with Crippen molar-refractivity contribution >= 4 is 22.8 Å². The van der Waals surface area contributed by atoms with Crippen LogP contribution in [0.3, 0.4) is 0 Å². The average Bonchev–Trinajstić information content (AvgIpc) is 3.41. The van der Waals surface area contributed by atoms with Crippen LogP contribution in [0.1, 0.15) is 54.9 Å². The third-order valence-electron chi connectivity index (χ3n) is 6.12. The number of rotatable bonds is 3. The zero-order chi connectivity index (χ0) is 18.9. The molecular formula is C19H21FN4O3. The molecule has 2 aromatic rings. The van der Waals surface area contributed by atoms with Gasteiger partial charge in [-0.1, -0.05) is 0 Å². The van der Waals surface area contributed by atoms with E-state index in [9.17, 15) is 14.7 Å². The lowest BCUT2D eigenvalue weighted by molar-refractivity contribution is 0.0695. The molecule has 3 fully saturated rings. The lowest BCUT2D eigenvalue weighted by atomic mass is 9.98. The zero-order valence-electron chi connectivity index (χ0n) is 14.8. The molecule has 2 aromatic heterocycles. The Morgan fingerprint density at radius 1 is 1.19 bits per heavy atom. The molecule has 2 bridgehead atoms. The number of carbonyl (C=O) groups is 1. The number of pyridine rings is 2. The van der Waals surface area contributed by atoms with Crippen molar-refractivity contribution in [1.29, 1.82) is 0 Å². The number of hydrogen-bond donors (Lipinski definition) is 2. The molecular weight excluding hydrogens is 351 g/mol. The van der Waals surface area contributed by atoms with E-state index in [1.165, 1.54) is 12.3 Å². The van der Waals surface area contributed by atoms with E-state index in [0.717, 1.165) is 38.5 Å². The van der Waals surface area contributed by atoms with Gasteiger partial charge in [0.05, 0.1) is 5.39 Å². The molecule has 8 heteroatoms. The summed E-state index contributed by atoms with van der Waals surface area (Å²) in [6.45, 7) is 0. The van der Waals surface area contributed by atoms with E-state index in [4.69, 9.17) is 5.73 Å². The summed E-state index contributed by atoms with van der Waals surface area (Å²) in [6.07, 6.45) is 6.70. The summed E-state index contributed by atoms with van der Waals surface area (Å²) >= 11 is 0. The van der Waals surface area contributed by atoms with Crippen LogP contribution < -0.4 is 16.1 Å². The van der Waals surface area contributed by atoms with Gasteiger partial charge in [0, 0.05) is 30.4 Å². The minimum absolute atomic E-state index is 0.0316. The molecule has 2 saturated heterocycles. The SMILES string of the molecule is N[C@H]1C[C@H]2CC[C@@H](C1)N2c1nc2c(cc1F)c(=O)c(C(=O)O)cn2C1CC1. The lowest BCUT2D eigenvalue weighted by Gasteiger charge is -2.38. The maximum Gasteiger partial charge on any atom is 0.341 e. The first-order valence-electron chi connectivity index (χ1n) is 9.46. The van der Waals surface area contributed by atoms with E-state index >= 15 is 4.39 Å². The molecule has 3 N–H and O–H groups in total. The van der Waals surface area contributed by atoms with Gasteiger partial charge in [-0.2, -0.15) is 0 Å². The van der Waals surface area contributed by atoms with Crippen molar-refractivity contribution in [2.24, 2.45) is 5.73 Å². The van der Waals surface area contributed by atoms with Crippen LogP contribution in [0.15, 0.2) is 17.1 Å². The van der Waals surface area contributed by atoms with E-state index in [2.05, 4.69) is 4.98 Å². The van der Waals surface area contributed by atoms with Crippen molar-refractivity contribution < 1.29 is 14.3 Å². The normalized spacial score (nSPS) is 27.3. The molecule has 4 heterocycles. The van der Waals surface area contributed by atoms with Gasteiger partial charge in [0.2, 0.25) is 5.43 Å². The summed E-state index contributed by atoms with van der Waals surface area (Å²) in [7, 11) is 0. The number of anilines is 1. The van der Waals surface area contributed by atoms with Crippen LogP contribution in [0.25, 0.3) is 11.0 Å². The quantitative estimate of drug-likeness (QED) is 0.855. The highest BCUT2D eigenvalue weighted by atomic mass is 19.1. The second kappa shape index (κ2) is 5.76. The fraction of sp³-hybridized carbons (Fsp3) is 0.526. The molecule has 0 aromatic carbocycles. The van der Waals surface area contributed by atoms with Crippen LogP contribution in [0.4, 0.5) is 10.2 Å². The van der Waals surface area contributed by atoms with Gasteiger partial charge in [-0.3, -0.25) is 4.79 Å². The molecule has 1 aliphatic carbocycles. The predicted molar refractivity (Wildman–Crippen MR) is 97.7 cm³/mol. The van der Waals surface area contributed by atoms with E-state index in [0.29, 0.717) is 5.65 Å². The van der Waals surface area contributed by atoms with Gasteiger partial charge in [0.15, 0.2) is 11.6 Å². The van der Waals surface area contributed by atoms with Crippen LogP contribution in [-0.2, 0) is 0 Å². The minimum atomic E-state index is -1.30. The van der Waals surface area contributed by atoms with Crippen LogP contribution in [0, 0.1) is 5.82 Å². The second-order valence-electron chi connectivity index (χ2n) is 8.00. The summed E-state index contributed by atoms with van der Waals surface area (Å²) < 4.78 is 16.7. The Bertz CT molecular complexity index is 1000. The Hall–Kier alpha value is -2.48. The molecule has 142 valence electrons. The number of carboxylic acids is 1. The summed E-state index contributed by atoms with van der Waals surface area (Å²) in [6, 6.07) is 1.74. The van der Waals surface area contributed by atoms with Gasteiger partial charge in [0.25, 0.3) is 0 Å². The predicted octanol–water partition coefficient (Wildman–Crippen LogP) is 2.03. The van der Waals surface area contributed by atoms with E-state index < -0.39 is 17.2 Å². The topological polar surface area (TPSA) is 101 Å². The first-order chi connectivity index (χ1) is 12.9. The lowest BCUT2D eigenvalue weighted by Crippen LogP contribution is -2.48. The highest BCUT2D eigenvalue weighted by Crippen LogP contribution is 2.41. The first kappa shape index (κ1) is 16.7. The molecule has 27 heavy (non-hydrogen) atoms. The van der Waals surface area contributed by atoms with Gasteiger partial charge < -0.3 is 20.3 Å². The average molecular weight is 372 g/mol. The maximum absolute atomic E-state index is 15.0. The number of fused-ring (bicyclic) bond motifs is 3. The number of carboxylic acid groups (broad SMARTS) is 1. The van der Waals surface area contributed by atoms with Gasteiger partial charge in [-0.25, -0.2) is 14.2 Å². The third kappa shape index (κ3) is 2.54. The fourth-order valence-corrected chi connectivity index (χ4v) is 4.77. The Labute approximate surface area is 154 Å². The Morgan fingerprint density at radius 3 is 2.41 bits per heavy atom. The molecule has 0 spiro atoms. The van der Waals surface area contributed by atoms with Crippen molar-refractivity contribution in [2.75, 3.05) is 4.90 Å². The number of nitrogens with two attached hydrogens (primary N) is 1. The number of hydrogen-bond acceptors (Lipinski definition) is 5. The van der Waals surface area contributed by atoms with E-state index in [1.54, 1.807) is 4.57 Å². The summed E-state index contributed by atoms with van der Waals surface area (Å²) in [5, 5.41) is 9.37. The van der Waals surface area contributed by atoms with Gasteiger partial charge in [-0.05, 0) is 44.6 Å². The summed E-state index contributed by atoms with van der Waals surface area (Å²) in [5.41, 5.74) is 5.47. The van der Waals surface area contributed by atoms with Gasteiger partial charge in [-0.15, -0.1) is 0 Å². The standard InChI is InChI=1S/C19H21FN4O3/c20-15-7-13-16(25)14(19(26)27)8-23(10-1-2-10)17(13)22-18(15)24-11-3-4-12(24)6-9(21)5-11/h7-12H,1-6,21H2,(H,26,27)/t9-,11+,12-. The molecule has 3 aliphatic rings. The highest BCUT2D eigenvalue weighted by molar-refractivity contribution is 5.92.